The van der Waals surface area contributed by atoms with Crippen LogP contribution >= 0.6 is 0 Å². The van der Waals surface area contributed by atoms with Crippen LogP contribution in [0.5, 0.6) is 0 Å². The van der Waals surface area contributed by atoms with Crippen molar-refractivity contribution in [3.8, 4) is 0 Å². The first-order valence-electron chi connectivity index (χ1n) is 6.42. The van der Waals surface area contributed by atoms with Crippen LogP contribution in [0.1, 0.15) is 10.4 Å². The number of nitrogens with one attached hydrogen (secondary N) is 2. The minimum absolute atomic E-state index is 0.388. The zero-order valence-electron chi connectivity index (χ0n) is 11.4. The van der Waals surface area contributed by atoms with E-state index in [1.807, 2.05) is 36.2 Å². The molecule has 6 nitrogen and oxygen atoms in total. The molecule has 0 atom stereocenters. The van der Waals surface area contributed by atoms with Crippen molar-refractivity contribution in [3.05, 3.63) is 54.1 Å². The number of H-pyrrole nitrogens is 1. The number of aromatic nitrogens is 2. The minimum Gasteiger partial charge on any atom is -0.324 e. The maximum absolute atomic E-state index is 11.3. The van der Waals surface area contributed by atoms with Crippen LogP contribution in [0.25, 0.3) is 11.0 Å². The average molecular weight is 282 g/mol. The van der Waals surface area contributed by atoms with Crippen LogP contribution in [0.15, 0.2) is 48.5 Å². The fourth-order valence-electron chi connectivity index (χ4n) is 2.12. The van der Waals surface area contributed by atoms with Gasteiger partial charge >= 0.3 is 0 Å². The van der Waals surface area contributed by atoms with Gasteiger partial charge in [0.1, 0.15) is 0 Å². The van der Waals surface area contributed by atoms with Crippen LogP contribution < -0.4 is 10.4 Å². The van der Waals surface area contributed by atoms with Crippen molar-refractivity contribution in [2.45, 2.75) is 0 Å². The van der Waals surface area contributed by atoms with Crippen molar-refractivity contribution in [2.24, 2.45) is 0 Å². The molecule has 106 valence electrons. The van der Waals surface area contributed by atoms with Gasteiger partial charge in [0.25, 0.3) is 5.91 Å². The highest BCUT2D eigenvalue weighted by molar-refractivity contribution is 5.93. The Balaban J connectivity index is 1.90. The Labute approximate surface area is 121 Å². The van der Waals surface area contributed by atoms with Crippen molar-refractivity contribution >= 4 is 28.6 Å². The van der Waals surface area contributed by atoms with Crippen LogP contribution in [-0.2, 0) is 0 Å². The number of para-hydroxylation sites is 2. The summed E-state index contributed by atoms with van der Waals surface area (Å²) in [4.78, 5) is 20.9. The summed E-state index contributed by atoms with van der Waals surface area (Å²) < 4.78 is 0. The molecule has 3 rings (SSSR count). The monoisotopic (exact) mass is 282 g/mol. The van der Waals surface area contributed by atoms with Crippen LogP contribution in [-0.4, -0.2) is 28.1 Å². The highest BCUT2D eigenvalue weighted by Crippen LogP contribution is 2.23. The van der Waals surface area contributed by atoms with Crippen LogP contribution in [0.4, 0.5) is 11.6 Å². The predicted octanol–water partition coefficient (Wildman–Crippen LogP) is 2.45. The maximum Gasteiger partial charge on any atom is 0.274 e. The average Bonchev–Trinajstić information content (AvgIpc) is 2.97. The molecule has 1 heterocycles. The molecular formula is C15H14N4O2. The first-order valence-corrected chi connectivity index (χ1v) is 6.42. The number of hydrogen-bond donors (Lipinski definition) is 3. The van der Waals surface area contributed by atoms with Gasteiger partial charge in [-0.1, -0.05) is 12.1 Å². The van der Waals surface area contributed by atoms with Gasteiger partial charge < -0.3 is 9.88 Å². The number of carbonyl (C=O) groups excluding carboxylic acids is 1. The molecule has 0 fully saturated rings. The highest BCUT2D eigenvalue weighted by atomic mass is 16.5. The second-order valence-electron chi connectivity index (χ2n) is 4.62. The molecule has 0 aliphatic heterocycles. The third kappa shape index (κ3) is 2.44. The lowest BCUT2D eigenvalue weighted by Crippen LogP contribution is -2.18. The Bertz CT molecular complexity index is 747. The molecular weight excluding hydrogens is 268 g/mol. The molecule has 3 aromatic rings. The van der Waals surface area contributed by atoms with Gasteiger partial charge in [0.15, 0.2) is 0 Å². The van der Waals surface area contributed by atoms with Gasteiger partial charge in [-0.3, -0.25) is 10.0 Å². The third-order valence-corrected chi connectivity index (χ3v) is 3.31. The normalized spacial score (nSPS) is 10.6. The zero-order valence-corrected chi connectivity index (χ0v) is 11.4. The smallest absolute Gasteiger partial charge is 0.274 e. The molecule has 2 aromatic carbocycles. The molecule has 0 aliphatic carbocycles. The first kappa shape index (κ1) is 13.1. The molecule has 1 aromatic heterocycles. The number of benzene rings is 2. The molecule has 0 aliphatic rings. The van der Waals surface area contributed by atoms with E-state index >= 15 is 0 Å². The highest BCUT2D eigenvalue weighted by Gasteiger charge is 2.10. The Morgan fingerprint density at radius 3 is 2.57 bits per heavy atom. The Hall–Kier alpha value is -2.86. The fourth-order valence-corrected chi connectivity index (χ4v) is 2.12. The van der Waals surface area contributed by atoms with Crippen LogP contribution in [0.3, 0.4) is 0 Å². The molecule has 0 saturated carbocycles. The molecule has 6 heteroatoms. The van der Waals surface area contributed by atoms with Crippen LogP contribution in [0.2, 0.25) is 0 Å². The van der Waals surface area contributed by atoms with Gasteiger partial charge in [-0.25, -0.2) is 10.5 Å². The van der Waals surface area contributed by atoms with Gasteiger partial charge in [0.05, 0.1) is 11.0 Å². The number of imidazole rings is 1. The molecule has 0 radical (unpaired) electrons. The summed E-state index contributed by atoms with van der Waals surface area (Å²) in [6.07, 6.45) is 0. The zero-order chi connectivity index (χ0) is 14.8. The number of amides is 1. The Morgan fingerprint density at radius 1 is 1.19 bits per heavy atom. The second-order valence-corrected chi connectivity index (χ2v) is 4.62. The molecule has 1 amide bonds. The van der Waals surface area contributed by atoms with Crippen molar-refractivity contribution in [1.82, 2.24) is 15.4 Å². The van der Waals surface area contributed by atoms with E-state index in [1.165, 1.54) is 0 Å². The number of rotatable bonds is 3. The molecule has 0 spiro atoms. The number of carbonyl (C=O) groups is 1. The Morgan fingerprint density at radius 2 is 1.90 bits per heavy atom. The maximum atomic E-state index is 11.3. The SMILES string of the molecule is CN(c1ccc(C(=O)NO)cc1)c1nc2ccccc2[nH]1. The number of nitrogens with zero attached hydrogens (tertiary/aromatic N) is 2. The van der Waals surface area contributed by atoms with E-state index in [2.05, 4.69) is 9.97 Å². The van der Waals surface area contributed by atoms with Gasteiger partial charge in [0, 0.05) is 18.3 Å². The largest absolute Gasteiger partial charge is 0.324 e. The topological polar surface area (TPSA) is 81.2 Å². The molecule has 3 N–H and O–H groups in total. The van der Waals surface area contributed by atoms with Crippen molar-refractivity contribution in [2.75, 3.05) is 11.9 Å². The van der Waals surface area contributed by atoms with Gasteiger partial charge in [-0.2, -0.15) is 0 Å². The van der Waals surface area contributed by atoms with Gasteiger partial charge in [-0.05, 0) is 36.4 Å². The minimum atomic E-state index is -0.534. The second kappa shape index (κ2) is 5.26. The summed E-state index contributed by atoms with van der Waals surface area (Å²) in [6, 6.07) is 14.7. The number of fused-ring (bicyclic) bond motifs is 1. The van der Waals surface area contributed by atoms with Crippen molar-refractivity contribution in [3.63, 3.8) is 0 Å². The van der Waals surface area contributed by atoms with E-state index in [0.29, 0.717) is 5.56 Å². The first-order chi connectivity index (χ1) is 10.2. The number of hydroxylamine groups is 1. The third-order valence-electron chi connectivity index (χ3n) is 3.31. The summed E-state index contributed by atoms with van der Waals surface area (Å²) in [7, 11) is 1.89. The van der Waals surface area contributed by atoms with E-state index in [4.69, 9.17) is 5.21 Å². The van der Waals surface area contributed by atoms with E-state index in [1.54, 1.807) is 29.7 Å². The summed E-state index contributed by atoms with van der Waals surface area (Å²) in [5.41, 5.74) is 4.74. The van der Waals surface area contributed by atoms with Gasteiger partial charge in [0.2, 0.25) is 5.95 Å². The quantitative estimate of drug-likeness (QED) is 0.509. The predicted molar refractivity (Wildman–Crippen MR) is 79.9 cm³/mol. The molecule has 0 unspecified atom stereocenters. The molecule has 21 heavy (non-hydrogen) atoms. The van der Waals surface area contributed by atoms with Gasteiger partial charge in [-0.15, -0.1) is 0 Å². The fraction of sp³-hybridized carbons (Fsp3) is 0.0667. The standard InChI is InChI=1S/C15H14N4O2/c1-19(11-8-6-10(7-9-11)14(20)18-21)15-16-12-4-2-3-5-13(12)17-15/h2-9,21H,1H3,(H,16,17)(H,18,20). The lowest BCUT2D eigenvalue weighted by Gasteiger charge is -2.16. The van der Waals surface area contributed by atoms with E-state index < -0.39 is 5.91 Å². The number of aromatic amines is 1. The van der Waals surface area contributed by atoms with Crippen molar-refractivity contribution < 1.29 is 10.0 Å². The summed E-state index contributed by atoms with van der Waals surface area (Å²) >= 11 is 0. The number of anilines is 2. The van der Waals surface area contributed by atoms with E-state index in [-0.39, 0.29) is 0 Å². The summed E-state index contributed by atoms with van der Waals surface area (Å²) in [5.74, 6) is 0.184. The van der Waals surface area contributed by atoms with Crippen LogP contribution in [0, 0.1) is 0 Å². The van der Waals surface area contributed by atoms with E-state index in [0.717, 1.165) is 22.7 Å². The summed E-state index contributed by atoms with van der Waals surface area (Å²) in [6.45, 7) is 0. The summed E-state index contributed by atoms with van der Waals surface area (Å²) in [5, 5.41) is 8.60. The lowest BCUT2D eigenvalue weighted by atomic mass is 10.2. The molecule has 0 bridgehead atoms. The molecule has 0 saturated heterocycles. The lowest BCUT2D eigenvalue weighted by molar-refractivity contribution is 0.0706. The van der Waals surface area contributed by atoms with E-state index in [9.17, 15) is 4.79 Å². The number of hydrogen-bond acceptors (Lipinski definition) is 4. The van der Waals surface area contributed by atoms with Crippen molar-refractivity contribution in [1.29, 1.82) is 0 Å². The Kier molecular flexibility index (Phi) is 3.29.